The molecule has 6 heteroatoms. The summed E-state index contributed by atoms with van der Waals surface area (Å²) in [6, 6.07) is 18.4. The van der Waals surface area contributed by atoms with Gasteiger partial charge in [-0.25, -0.2) is 4.79 Å². The van der Waals surface area contributed by atoms with Crippen molar-refractivity contribution in [1.82, 2.24) is 0 Å². The molecule has 0 amide bonds. The Hall–Kier alpha value is -2.51. The Bertz CT molecular complexity index is 804. The minimum absolute atomic E-state index is 0.279. The molecule has 2 aromatic carbocycles. The van der Waals surface area contributed by atoms with E-state index in [0.717, 1.165) is 5.56 Å². The number of hydrogen-bond donors (Lipinski definition) is 0. The lowest BCUT2D eigenvalue weighted by atomic mass is 10.1. The Morgan fingerprint density at radius 2 is 1.70 bits per heavy atom. The van der Waals surface area contributed by atoms with Gasteiger partial charge in [0.1, 0.15) is 12.2 Å². The van der Waals surface area contributed by atoms with E-state index in [1.807, 2.05) is 36.4 Å². The molecule has 2 aromatic rings. The number of fused-ring (bicyclic) bond motifs is 1. The van der Waals surface area contributed by atoms with Gasteiger partial charge in [-0.2, -0.15) is 0 Å². The van der Waals surface area contributed by atoms with Crippen LogP contribution in [0.2, 0.25) is 0 Å². The first-order chi connectivity index (χ1) is 13.2. The van der Waals surface area contributed by atoms with Crippen molar-refractivity contribution >= 4 is 5.97 Å². The second-order valence-electron chi connectivity index (χ2n) is 6.24. The lowest BCUT2D eigenvalue weighted by Gasteiger charge is -2.39. The van der Waals surface area contributed by atoms with E-state index in [4.69, 9.17) is 23.7 Å². The third-order valence-corrected chi connectivity index (χ3v) is 4.42. The maximum Gasteiger partial charge on any atom is 0.343 e. The highest BCUT2D eigenvalue weighted by atomic mass is 16.7. The van der Waals surface area contributed by atoms with Crippen molar-refractivity contribution in [3.63, 3.8) is 0 Å². The summed E-state index contributed by atoms with van der Waals surface area (Å²) in [5.41, 5.74) is 1.37. The maximum atomic E-state index is 12.4. The van der Waals surface area contributed by atoms with Crippen LogP contribution in [0.25, 0.3) is 0 Å². The first-order valence-corrected chi connectivity index (χ1v) is 8.74. The number of carbonyl (C=O) groups is 1. The molecule has 2 aliphatic heterocycles. The lowest BCUT2D eigenvalue weighted by molar-refractivity contribution is -0.287. The van der Waals surface area contributed by atoms with Crippen molar-refractivity contribution in [1.29, 1.82) is 0 Å². The summed E-state index contributed by atoms with van der Waals surface area (Å²) < 4.78 is 28.5. The molecule has 1 saturated heterocycles. The van der Waals surface area contributed by atoms with E-state index in [1.165, 1.54) is 7.11 Å². The van der Waals surface area contributed by atoms with Crippen LogP contribution in [0.4, 0.5) is 0 Å². The molecule has 2 aliphatic rings. The number of ether oxygens (including phenoxy) is 5. The number of methoxy groups -OCH3 is 1. The van der Waals surface area contributed by atoms with Gasteiger partial charge < -0.3 is 23.7 Å². The summed E-state index contributed by atoms with van der Waals surface area (Å²) in [4.78, 5) is 12.4. The van der Waals surface area contributed by atoms with Crippen LogP contribution in [-0.2, 0) is 23.7 Å². The fourth-order valence-electron chi connectivity index (χ4n) is 3.06. The zero-order valence-corrected chi connectivity index (χ0v) is 14.8. The molecular formula is C21H20O6. The average molecular weight is 368 g/mol. The summed E-state index contributed by atoms with van der Waals surface area (Å²) in [5.74, 6) is -0.195. The molecular weight excluding hydrogens is 348 g/mol. The van der Waals surface area contributed by atoms with Crippen LogP contribution in [0.3, 0.4) is 0 Å². The lowest BCUT2D eigenvalue weighted by Crippen LogP contribution is -2.47. The fraction of sp³-hybridized carbons (Fsp3) is 0.286. The van der Waals surface area contributed by atoms with Gasteiger partial charge in [0.25, 0.3) is 0 Å². The van der Waals surface area contributed by atoms with Crippen LogP contribution in [0.15, 0.2) is 72.5 Å². The minimum atomic E-state index is -0.792. The van der Waals surface area contributed by atoms with Crippen molar-refractivity contribution in [3.8, 4) is 0 Å². The molecule has 0 N–H and O–H groups in total. The average Bonchev–Trinajstić information content (AvgIpc) is 2.74. The monoisotopic (exact) mass is 368 g/mol. The highest BCUT2D eigenvalue weighted by Gasteiger charge is 2.40. The Balaban J connectivity index is 1.52. The van der Waals surface area contributed by atoms with Crippen LogP contribution in [-0.4, -0.2) is 38.2 Å². The second-order valence-corrected chi connectivity index (χ2v) is 6.24. The normalized spacial score (nSPS) is 27.4. The molecule has 0 bridgehead atoms. The first-order valence-electron chi connectivity index (χ1n) is 8.74. The Labute approximate surface area is 157 Å². The van der Waals surface area contributed by atoms with Crippen molar-refractivity contribution in [2.45, 2.75) is 24.8 Å². The molecule has 2 heterocycles. The zero-order chi connectivity index (χ0) is 18.6. The molecule has 0 aliphatic carbocycles. The van der Waals surface area contributed by atoms with Gasteiger partial charge in [-0.1, -0.05) is 48.5 Å². The molecule has 27 heavy (non-hydrogen) atoms. The van der Waals surface area contributed by atoms with Gasteiger partial charge in [0, 0.05) is 12.7 Å². The second kappa shape index (κ2) is 8.02. The van der Waals surface area contributed by atoms with Gasteiger partial charge in [0.05, 0.1) is 12.2 Å². The van der Waals surface area contributed by atoms with Crippen LogP contribution in [0.5, 0.6) is 0 Å². The van der Waals surface area contributed by atoms with Gasteiger partial charge in [0.15, 0.2) is 12.0 Å². The molecule has 4 rings (SSSR count). The van der Waals surface area contributed by atoms with Crippen molar-refractivity contribution in [3.05, 3.63) is 83.6 Å². The summed E-state index contributed by atoms with van der Waals surface area (Å²) >= 11 is 0. The number of esters is 1. The van der Waals surface area contributed by atoms with E-state index in [-0.39, 0.29) is 11.9 Å². The summed E-state index contributed by atoms with van der Waals surface area (Å²) in [5, 5.41) is 0. The number of carbonyl (C=O) groups excluding carboxylic acids is 1. The molecule has 1 fully saturated rings. The molecule has 0 spiro atoms. The molecule has 0 saturated carbocycles. The molecule has 140 valence electrons. The van der Waals surface area contributed by atoms with E-state index >= 15 is 0 Å². The SMILES string of the molecule is CO[C@H]1O[C@@H]2COC(c3ccccc3)O[C@H]2C=C1OC(=O)c1ccccc1. The predicted octanol–water partition coefficient (Wildman–Crippen LogP) is 3.21. The number of rotatable bonds is 4. The standard InChI is InChI=1S/C21H20O6/c1-23-21-17(25-19(22)14-8-4-2-5-9-14)12-16-18(27-21)13-24-20(26-16)15-10-6-3-7-11-15/h2-12,16,18,20-21H,13H2,1H3/t16-,18+,20?,21-/m0/s1. The Morgan fingerprint density at radius 1 is 1.00 bits per heavy atom. The Morgan fingerprint density at radius 3 is 2.41 bits per heavy atom. The van der Waals surface area contributed by atoms with E-state index < -0.39 is 24.7 Å². The molecule has 0 aromatic heterocycles. The third kappa shape index (κ3) is 3.94. The fourth-order valence-corrected chi connectivity index (χ4v) is 3.06. The van der Waals surface area contributed by atoms with Gasteiger partial charge in [0.2, 0.25) is 6.29 Å². The number of benzene rings is 2. The van der Waals surface area contributed by atoms with Crippen molar-refractivity contribution in [2.24, 2.45) is 0 Å². The van der Waals surface area contributed by atoms with Gasteiger partial charge >= 0.3 is 5.97 Å². The first kappa shape index (κ1) is 17.9. The van der Waals surface area contributed by atoms with E-state index in [2.05, 4.69) is 0 Å². The third-order valence-electron chi connectivity index (χ3n) is 4.42. The van der Waals surface area contributed by atoms with Gasteiger partial charge in [-0.15, -0.1) is 0 Å². The summed E-state index contributed by atoms with van der Waals surface area (Å²) in [6.07, 6.45) is -0.304. The predicted molar refractivity (Wildman–Crippen MR) is 95.6 cm³/mol. The Kier molecular flexibility index (Phi) is 5.31. The van der Waals surface area contributed by atoms with Crippen LogP contribution >= 0.6 is 0 Å². The van der Waals surface area contributed by atoms with Crippen molar-refractivity contribution < 1.29 is 28.5 Å². The summed E-state index contributed by atoms with van der Waals surface area (Å²) in [6.45, 7) is 0.348. The summed E-state index contributed by atoms with van der Waals surface area (Å²) in [7, 11) is 1.49. The highest BCUT2D eigenvalue weighted by molar-refractivity contribution is 5.90. The van der Waals surface area contributed by atoms with Crippen LogP contribution in [0, 0.1) is 0 Å². The van der Waals surface area contributed by atoms with Gasteiger partial charge in [-0.3, -0.25) is 0 Å². The number of hydrogen-bond acceptors (Lipinski definition) is 6. The largest absolute Gasteiger partial charge is 0.422 e. The zero-order valence-electron chi connectivity index (χ0n) is 14.8. The highest BCUT2D eigenvalue weighted by Crippen LogP contribution is 2.33. The topological polar surface area (TPSA) is 63.2 Å². The molecule has 6 nitrogen and oxygen atoms in total. The van der Waals surface area contributed by atoms with E-state index in [0.29, 0.717) is 12.2 Å². The molecule has 4 atom stereocenters. The van der Waals surface area contributed by atoms with Gasteiger partial charge in [-0.05, 0) is 18.2 Å². The molecule has 1 unspecified atom stereocenters. The van der Waals surface area contributed by atoms with E-state index in [9.17, 15) is 4.79 Å². The van der Waals surface area contributed by atoms with Crippen molar-refractivity contribution in [2.75, 3.05) is 13.7 Å². The van der Waals surface area contributed by atoms with E-state index in [1.54, 1.807) is 30.3 Å². The van der Waals surface area contributed by atoms with Crippen LogP contribution in [0.1, 0.15) is 22.2 Å². The maximum absolute atomic E-state index is 12.4. The molecule has 0 radical (unpaired) electrons. The van der Waals surface area contributed by atoms with Crippen LogP contribution < -0.4 is 0 Å². The quantitative estimate of drug-likeness (QED) is 0.773. The smallest absolute Gasteiger partial charge is 0.343 e. The minimum Gasteiger partial charge on any atom is -0.422 e.